The lowest BCUT2D eigenvalue weighted by Gasteiger charge is -2.10. The van der Waals surface area contributed by atoms with E-state index in [2.05, 4.69) is 4.98 Å². The molecule has 0 N–H and O–H groups in total. The van der Waals surface area contributed by atoms with Gasteiger partial charge in [0, 0.05) is 17.5 Å². The number of pyridine rings is 1. The van der Waals surface area contributed by atoms with Gasteiger partial charge in [0.2, 0.25) is 5.88 Å². The van der Waals surface area contributed by atoms with Gasteiger partial charge in [-0.3, -0.25) is 0 Å². The van der Waals surface area contributed by atoms with E-state index in [-0.39, 0.29) is 0 Å². The van der Waals surface area contributed by atoms with E-state index in [4.69, 9.17) is 16.3 Å². The first-order valence-corrected chi connectivity index (χ1v) is 7.01. The maximum atomic E-state index is 5.95. The highest BCUT2D eigenvalue weighted by Gasteiger charge is 2.07. The summed E-state index contributed by atoms with van der Waals surface area (Å²) in [6.45, 7) is 0.512. The zero-order valence-corrected chi connectivity index (χ0v) is 11.7. The molecule has 0 aliphatic rings. The Balaban J connectivity index is 1.92. The lowest BCUT2D eigenvalue weighted by atomic mass is 10.1. The Morgan fingerprint density at radius 3 is 2.35 bits per heavy atom. The Hall–Kier alpha value is -2.06. The Morgan fingerprint density at radius 1 is 0.900 bits per heavy atom. The third-order valence-corrected chi connectivity index (χ3v) is 3.49. The van der Waals surface area contributed by atoms with Crippen LogP contribution in [0, 0.1) is 0 Å². The van der Waals surface area contributed by atoms with Gasteiger partial charge in [0.05, 0.1) is 0 Å². The van der Waals surface area contributed by atoms with Crippen molar-refractivity contribution < 1.29 is 4.74 Å². The molecule has 3 aromatic rings. The molecule has 0 spiro atoms. The topological polar surface area (TPSA) is 22.1 Å². The number of rotatable bonds is 4. The fraction of sp³-hybridized carbons (Fsp3) is 0.118. The Labute approximate surface area is 123 Å². The minimum atomic E-state index is 0.451. The lowest BCUT2D eigenvalue weighted by Crippen LogP contribution is -1.98. The molecule has 100 valence electrons. The highest BCUT2D eigenvalue weighted by atomic mass is 35.5. The summed E-state index contributed by atoms with van der Waals surface area (Å²) in [5, 5.41) is 2.10. The van der Waals surface area contributed by atoms with Crippen molar-refractivity contribution in [2.75, 3.05) is 0 Å². The molecule has 3 rings (SSSR count). The van der Waals surface area contributed by atoms with Crippen molar-refractivity contribution in [2.45, 2.75) is 12.5 Å². The molecule has 2 nitrogen and oxygen atoms in total. The predicted octanol–water partition coefficient (Wildman–Crippen LogP) is 4.55. The molecule has 0 unspecified atom stereocenters. The molecule has 20 heavy (non-hydrogen) atoms. The van der Waals surface area contributed by atoms with E-state index >= 15 is 0 Å². The smallest absolute Gasteiger partial charge is 0.221 e. The SMILES string of the molecule is ClCc1cnc(OCc2ccccc2)c2ccccc12. The van der Waals surface area contributed by atoms with Crippen LogP contribution in [0.3, 0.4) is 0 Å². The standard InChI is InChI=1S/C17H14ClNO/c18-10-14-11-19-17(16-9-5-4-8-15(14)16)20-12-13-6-2-1-3-7-13/h1-9,11H,10,12H2. The summed E-state index contributed by atoms with van der Waals surface area (Å²) in [6.07, 6.45) is 1.79. The summed E-state index contributed by atoms with van der Waals surface area (Å²) >= 11 is 5.95. The van der Waals surface area contributed by atoms with Gasteiger partial charge >= 0.3 is 0 Å². The maximum Gasteiger partial charge on any atom is 0.221 e. The first-order valence-electron chi connectivity index (χ1n) is 6.48. The Bertz CT molecular complexity index is 713. The van der Waals surface area contributed by atoms with E-state index in [1.54, 1.807) is 6.20 Å². The third-order valence-electron chi connectivity index (χ3n) is 3.20. The van der Waals surface area contributed by atoms with Crippen LogP contribution in [-0.2, 0) is 12.5 Å². The van der Waals surface area contributed by atoms with Gasteiger partial charge in [-0.15, -0.1) is 11.6 Å². The molecule has 0 bridgehead atoms. The third kappa shape index (κ3) is 2.61. The van der Waals surface area contributed by atoms with E-state index < -0.39 is 0 Å². The normalized spacial score (nSPS) is 10.7. The van der Waals surface area contributed by atoms with Crippen molar-refractivity contribution in [1.29, 1.82) is 0 Å². The molecular formula is C17H14ClNO. The fourth-order valence-corrected chi connectivity index (χ4v) is 2.39. The van der Waals surface area contributed by atoms with Crippen LogP contribution in [-0.4, -0.2) is 4.98 Å². The number of alkyl halides is 1. The van der Waals surface area contributed by atoms with Gasteiger partial charge < -0.3 is 4.74 Å². The number of aromatic nitrogens is 1. The summed E-state index contributed by atoms with van der Waals surface area (Å²) in [4.78, 5) is 4.39. The average Bonchev–Trinajstić information content (AvgIpc) is 2.53. The van der Waals surface area contributed by atoms with Gasteiger partial charge in [0.1, 0.15) is 6.61 Å². The van der Waals surface area contributed by atoms with Gasteiger partial charge in [-0.25, -0.2) is 4.98 Å². The average molecular weight is 284 g/mol. The highest BCUT2D eigenvalue weighted by Crippen LogP contribution is 2.27. The van der Waals surface area contributed by atoms with Crippen LogP contribution in [0.25, 0.3) is 10.8 Å². The molecule has 0 radical (unpaired) electrons. The van der Waals surface area contributed by atoms with Crippen LogP contribution in [0.2, 0.25) is 0 Å². The van der Waals surface area contributed by atoms with Gasteiger partial charge in [-0.1, -0.05) is 48.5 Å². The summed E-state index contributed by atoms with van der Waals surface area (Å²) in [6, 6.07) is 18.1. The number of benzene rings is 2. The highest BCUT2D eigenvalue weighted by molar-refractivity contribution is 6.18. The summed E-state index contributed by atoms with van der Waals surface area (Å²) in [5.74, 6) is 1.10. The second-order valence-corrected chi connectivity index (χ2v) is 4.81. The Morgan fingerprint density at radius 2 is 1.60 bits per heavy atom. The van der Waals surface area contributed by atoms with E-state index in [1.165, 1.54) is 0 Å². The maximum absolute atomic E-state index is 5.95. The van der Waals surface area contributed by atoms with Crippen LogP contribution >= 0.6 is 11.6 Å². The van der Waals surface area contributed by atoms with E-state index in [9.17, 15) is 0 Å². The molecule has 0 atom stereocenters. The molecule has 1 heterocycles. The van der Waals surface area contributed by atoms with Crippen molar-refractivity contribution in [1.82, 2.24) is 4.98 Å². The second kappa shape index (κ2) is 5.93. The number of halogens is 1. The molecule has 0 amide bonds. The minimum Gasteiger partial charge on any atom is -0.472 e. The van der Waals surface area contributed by atoms with Crippen molar-refractivity contribution in [3.05, 3.63) is 71.9 Å². The summed E-state index contributed by atoms with van der Waals surface area (Å²) in [7, 11) is 0. The van der Waals surface area contributed by atoms with E-state index in [0.717, 1.165) is 21.9 Å². The largest absolute Gasteiger partial charge is 0.472 e. The van der Waals surface area contributed by atoms with Crippen LogP contribution in [0.5, 0.6) is 5.88 Å². The predicted molar refractivity (Wildman–Crippen MR) is 82.1 cm³/mol. The first kappa shape index (κ1) is 12.9. The monoisotopic (exact) mass is 283 g/mol. The number of fused-ring (bicyclic) bond motifs is 1. The summed E-state index contributed by atoms with van der Waals surface area (Å²) in [5.41, 5.74) is 2.15. The minimum absolute atomic E-state index is 0.451. The fourth-order valence-electron chi connectivity index (χ4n) is 2.17. The molecule has 3 heteroatoms. The lowest BCUT2D eigenvalue weighted by molar-refractivity contribution is 0.298. The number of nitrogens with zero attached hydrogens (tertiary/aromatic N) is 1. The van der Waals surface area contributed by atoms with Crippen molar-refractivity contribution in [2.24, 2.45) is 0 Å². The van der Waals surface area contributed by atoms with Crippen LogP contribution in [0.4, 0.5) is 0 Å². The number of hydrogen-bond acceptors (Lipinski definition) is 2. The van der Waals surface area contributed by atoms with Crippen molar-refractivity contribution in [3.63, 3.8) is 0 Å². The van der Waals surface area contributed by atoms with Crippen molar-refractivity contribution in [3.8, 4) is 5.88 Å². The van der Waals surface area contributed by atoms with Crippen LogP contribution in [0.15, 0.2) is 60.8 Å². The molecule has 0 aliphatic heterocycles. The summed E-state index contributed by atoms with van der Waals surface area (Å²) < 4.78 is 5.85. The van der Waals surface area contributed by atoms with Gasteiger partial charge in [-0.2, -0.15) is 0 Å². The number of hydrogen-bond donors (Lipinski definition) is 0. The molecule has 0 saturated heterocycles. The molecular weight excluding hydrogens is 270 g/mol. The van der Waals surface area contributed by atoms with Gasteiger partial charge in [0.15, 0.2) is 0 Å². The van der Waals surface area contributed by atoms with E-state index in [1.807, 2.05) is 54.6 Å². The van der Waals surface area contributed by atoms with Gasteiger partial charge in [0.25, 0.3) is 0 Å². The van der Waals surface area contributed by atoms with Crippen LogP contribution in [0.1, 0.15) is 11.1 Å². The van der Waals surface area contributed by atoms with Gasteiger partial charge in [-0.05, 0) is 22.6 Å². The molecule has 0 saturated carbocycles. The quantitative estimate of drug-likeness (QED) is 0.655. The zero-order valence-electron chi connectivity index (χ0n) is 10.9. The molecule has 0 fully saturated rings. The molecule has 1 aromatic heterocycles. The number of ether oxygens (including phenoxy) is 1. The first-order chi connectivity index (χ1) is 9.88. The zero-order chi connectivity index (χ0) is 13.8. The van der Waals surface area contributed by atoms with E-state index in [0.29, 0.717) is 18.4 Å². The van der Waals surface area contributed by atoms with Crippen molar-refractivity contribution >= 4 is 22.4 Å². The Kier molecular flexibility index (Phi) is 3.84. The molecule has 2 aromatic carbocycles. The van der Waals surface area contributed by atoms with Crippen LogP contribution < -0.4 is 4.74 Å². The second-order valence-electron chi connectivity index (χ2n) is 4.54. The molecule has 0 aliphatic carbocycles.